The van der Waals surface area contributed by atoms with E-state index in [1.165, 1.54) is 0 Å². The molecule has 0 amide bonds. The second-order valence-electron chi connectivity index (χ2n) is 3.56. The van der Waals surface area contributed by atoms with Gasteiger partial charge in [0, 0.05) is 17.6 Å². The van der Waals surface area contributed by atoms with E-state index in [9.17, 15) is 13.2 Å². The lowest BCUT2D eigenvalue weighted by Gasteiger charge is -2.15. The summed E-state index contributed by atoms with van der Waals surface area (Å²) in [5.74, 6) is 0.636. The van der Waals surface area contributed by atoms with Crippen LogP contribution < -0.4 is 10.1 Å². The van der Waals surface area contributed by atoms with Gasteiger partial charge in [0.1, 0.15) is 12.4 Å². The van der Waals surface area contributed by atoms with Gasteiger partial charge in [-0.25, -0.2) is 0 Å². The number of halogens is 4. The van der Waals surface area contributed by atoms with Crippen LogP contribution in [-0.2, 0) is 0 Å². The van der Waals surface area contributed by atoms with E-state index in [4.69, 9.17) is 9.84 Å². The molecule has 0 heterocycles. The topological polar surface area (TPSA) is 41.5 Å². The molecular formula is C11H13BrF3NO2. The number of hydrogen-bond acceptors (Lipinski definition) is 3. The third kappa shape index (κ3) is 5.70. The van der Waals surface area contributed by atoms with Crippen molar-refractivity contribution in [3.63, 3.8) is 0 Å². The molecule has 1 aromatic rings. The molecule has 1 unspecified atom stereocenters. The highest BCUT2D eigenvalue weighted by molar-refractivity contribution is 9.10. The average Bonchev–Trinajstić information content (AvgIpc) is 2.29. The lowest BCUT2D eigenvalue weighted by Crippen LogP contribution is -2.39. The summed E-state index contributed by atoms with van der Waals surface area (Å²) in [7, 11) is 0. The van der Waals surface area contributed by atoms with Gasteiger partial charge in [-0.2, -0.15) is 13.2 Å². The summed E-state index contributed by atoms with van der Waals surface area (Å²) in [5.41, 5.74) is 0. The zero-order chi connectivity index (χ0) is 13.6. The molecule has 0 aliphatic rings. The Kier molecular flexibility index (Phi) is 5.90. The van der Waals surface area contributed by atoms with E-state index in [1.54, 1.807) is 24.3 Å². The number of hydrogen-bond donors (Lipinski definition) is 2. The first-order valence-corrected chi connectivity index (χ1v) is 6.03. The van der Waals surface area contributed by atoms with E-state index in [0.717, 1.165) is 4.47 Å². The van der Waals surface area contributed by atoms with Gasteiger partial charge >= 0.3 is 6.18 Å². The van der Waals surface area contributed by atoms with Crippen LogP contribution in [0, 0.1) is 0 Å². The van der Waals surface area contributed by atoms with Crippen LogP contribution in [0.4, 0.5) is 13.2 Å². The fraction of sp³-hybridized carbons (Fsp3) is 0.455. The number of nitrogens with one attached hydrogen (secondary N) is 1. The van der Waals surface area contributed by atoms with E-state index < -0.39 is 18.8 Å². The van der Waals surface area contributed by atoms with E-state index in [2.05, 4.69) is 21.2 Å². The van der Waals surface area contributed by atoms with Crippen molar-refractivity contribution in [2.24, 2.45) is 0 Å². The number of benzene rings is 1. The molecule has 3 nitrogen and oxygen atoms in total. The third-order valence-electron chi connectivity index (χ3n) is 2.08. The van der Waals surface area contributed by atoms with Crippen molar-refractivity contribution in [1.82, 2.24) is 5.32 Å². The molecule has 0 saturated carbocycles. The lowest BCUT2D eigenvalue weighted by molar-refractivity contribution is -0.201. The Hall–Kier alpha value is -0.790. The highest BCUT2D eigenvalue weighted by Gasteiger charge is 2.37. The predicted molar refractivity (Wildman–Crippen MR) is 64.6 cm³/mol. The monoisotopic (exact) mass is 327 g/mol. The number of aliphatic hydroxyl groups is 1. The van der Waals surface area contributed by atoms with E-state index in [0.29, 0.717) is 5.75 Å². The normalized spacial score (nSPS) is 13.4. The summed E-state index contributed by atoms with van der Waals surface area (Å²) in [6, 6.07) is 7.09. The summed E-state index contributed by atoms with van der Waals surface area (Å²) in [5, 5.41) is 11.2. The molecule has 0 aliphatic carbocycles. The number of alkyl halides is 3. The third-order valence-corrected chi connectivity index (χ3v) is 2.61. The quantitative estimate of drug-likeness (QED) is 0.788. The van der Waals surface area contributed by atoms with Crippen LogP contribution in [0.5, 0.6) is 5.75 Å². The Labute approximate surface area is 111 Å². The molecule has 0 radical (unpaired) electrons. The van der Waals surface area contributed by atoms with Crippen molar-refractivity contribution in [3.8, 4) is 5.75 Å². The summed E-state index contributed by atoms with van der Waals surface area (Å²) in [6.45, 7) is -0.0807. The van der Waals surface area contributed by atoms with Gasteiger partial charge in [-0.1, -0.05) is 15.9 Å². The second kappa shape index (κ2) is 6.96. The fourth-order valence-electron chi connectivity index (χ4n) is 1.13. The van der Waals surface area contributed by atoms with Crippen LogP contribution in [0.1, 0.15) is 0 Å². The van der Waals surface area contributed by atoms with Crippen molar-refractivity contribution < 1.29 is 23.0 Å². The standard InChI is InChI=1S/C11H13BrF3NO2/c12-8-1-3-9(4-2-8)18-6-5-16-7-10(17)11(13,14)15/h1-4,10,16-17H,5-7H2. The molecule has 0 spiro atoms. The summed E-state index contributed by atoms with van der Waals surface area (Å²) < 4.78 is 42.0. The van der Waals surface area contributed by atoms with Crippen molar-refractivity contribution in [2.45, 2.75) is 12.3 Å². The van der Waals surface area contributed by atoms with Crippen LogP contribution in [0.3, 0.4) is 0 Å². The van der Waals surface area contributed by atoms with Crippen LogP contribution in [0.15, 0.2) is 28.7 Å². The molecular weight excluding hydrogens is 315 g/mol. The van der Waals surface area contributed by atoms with Gasteiger partial charge in [0.2, 0.25) is 0 Å². The van der Waals surface area contributed by atoms with Gasteiger partial charge in [0.15, 0.2) is 6.10 Å². The first-order valence-electron chi connectivity index (χ1n) is 5.23. The Morgan fingerprint density at radius 2 is 1.89 bits per heavy atom. The first kappa shape index (κ1) is 15.3. The minimum Gasteiger partial charge on any atom is -0.492 e. The molecule has 102 valence electrons. The minimum atomic E-state index is -4.58. The molecule has 0 saturated heterocycles. The van der Waals surface area contributed by atoms with Crippen LogP contribution in [0.2, 0.25) is 0 Å². The van der Waals surface area contributed by atoms with Crippen molar-refractivity contribution in [2.75, 3.05) is 19.7 Å². The zero-order valence-corrected chi connectivity index (χ0v) is 11.0. The second-order valence-corrected chi connectivity index (χ2v) is 4.48. The maximum atomic E-state index is 11.9. The van der Waals surface area contributed by atoms with Crippen LogP contribution in [-0.4, -0.2) is 37.1 Å². The van der Waals surface area contributed by atoms with Crippen molar-refractivity contribution in [3.05, 3.63) is 28.7 Å². The highest BCUT2D eigenvalue weighted by atomic mass is 79.9. The summed E-state index contributed by atoms with van der Waals surface area (Å²) >= 11 is 3.27. The zero-order valence-electron chi connectivity index (χ0n) is 9.38. The molecule has 18 heavy (non-hydrogen) atoms. The average molecular weight is 328 g/mol. The smallest absolute Gasteiger partial charge is 0.415 e. The Morgan fingerprint density at radius 1 is 1.28 bits per heavy atom. The largest absolute Gasteiger partial charge is 0.492 e. The molecule has 1 aromatic carbocycles. The molecule has 0 bridgehead atoms. The number of aliphatic hydroxyl groups excluding tert-OH is 1. The predicted octanol–water partition coefficient (Wildman–Crippen LogP) is 2.34. The molecule has 0 fully saturated rings. The van der Waals surface area contributed by atoms with Gasteiger partial charge in [0.25, 0.3) is 0 Å². The molecule has 0 aromatic heterocycles. The number of ether oxygens (including phenoxy) is 1. The van der Waals surface area contributed by atoms with Crippen LogP contribution >= 0.6 is 15.9 Å². The van der Waals surface area contributed by atoms with E-state index >= 15 is 0 Å². The first-order chi connectivity index (χ1) is 8.39. The Bertz CT molecular complexity index is 356. The van der Waals surface area contributed by atoms with Crippen LogP contribution in [0.25, 0.3) is 0 Å². The fourth-order valence-corrected chi connectivity index (χ4v) is 1.39. The molecule has 7 heteroatoms. The molecule has 0 aliphatic heterocycles. The van der Waals surface area contributed by atoms with Gasteiger partial charge in [-0.05, 0) is 24.3 Å². The van der Waals surface area contributed by atoms with Gasteiger partial charge < -0.3 is 15.2 Å². The van der Waals surface area contributed by atoms with E-state index in [1.807, 2.05) is 0 Å². The van der Waals surface area contributed by atoms with Gasteiger partial charge in [0.05, 0.1) is 0 Å². The Balaban J connectivity index is 2.14. The summed E-state index contributed by atoms with van der Waals surface area (Å²) in [6.07, 6.45) is -6.93. The molecule has 2 N–H and O–H groups in total. The SMILES string of the molecule is OC(CNCCOc1ccc(Br)cc1)C(F)(F)F. The highest BCUT2D eigenvalue weighted by Crippen LogP contribution is 2.19. The lowest BCUT2D eigenvalue weighted by atomic mass is 10.3. The molecule has 1 rings (SSSR count). The minimum absolute atomic E-state index is 0.225. The Morgan fingerprint density at radius 3 is 2.44 bits per heavy atom. The van der Waals surface area contributed by atoms with Gasteiger partial charge in [-0.15, -0.1) is 0 Å². The maximum Gasteiger partial charge on any atom is 0.415 e. The maximum absolute atomic E-state index is 11.9. The van der Waals surface area contributed by atoms with Crippen molar-refractivity contribution in [1.29, 1.82) is 0 Å². The van der Waals surface area contributed by atoms with E-state index in [-0.39, 0.29) is 13.2 Å². The van der Waals surface area contributed by atoms with Gasteiger partial charge in [-0.3, -0.25) is 0 Å². The van der Waals surface area contributed by atoms with Crippen molar-refractivity contribution >= 4 is 15.9 Å². The number of rotatable bonds is 6. The molecule has 1 atom stereocenters. The summed E-state index contributed by atoms with van der Waals surface area (Å²) in [4.78, 5) is 0.